The van der Waals surface area contributed by atoms with Crippen LogP contribution >= 0.6 is 27.5 Å². The molecule has 10 heteroatoms. The summed E-state index contributed by atoms with van der Waals surface area (Å²) in [5, 5.41) is 3.37. The van der Waals surface area contributed by atoms with Gasteiger partial charge < -0.3 is 10.2 Å². The first kappa shape index (κ1) is 30.1. The van der Waals surface area contributed by atoms with E-state index in [0.717, 1.165) is 29.1 Å². The summed E-state index contributed by atoms with van der Waals surface area (Å²) in [6.07, 6.45) is 3.34. The Morgan fingerprint density at radius 3 is 2.39 bits per heavy atom. The number of benzene rings is 2. The SMILES string of the molecule is CCCCNC(=O)C(C)N(Cc1ccc(Br)cc1)C(=O)CCCN(c1cccc(Cl)c1C)S(C)(=O)=O. The maximum Gasteiger partial charge on any atom is 0.242 e. The van der Waals surface area contributed by atoms with E-state index in [2.05, 4.69) is 21.2 Å². The molecule has 0 saturated heterocycles. The smallest absolute Gasteiger partial charge is 0.242 e. The summed E-state index contributed by atoms with van der Waals surface area (Å²) in [6, 6.07) is 12.0. The number of hydrogen-bond acceptors (Lipinski definition) is 4. The van der Waals surface area contributed by atoms with Crippen LogP contribution in [0.3, 0.4) is 0 Å². The molecule has 0 heterocycles. The minimum absolute atomic E-state index is 0.0920. The van der Waals surface area contributed by atoms with Crippen molar-refractivity contribution < 1.29 is 18.0 Å². The molecule has 7 nitrogen and oxygen atoms in total. The number of amides is 2. The lowest BCUT2D eigenvalue weighted by Gasteiger charge is -2.29. The van der Waals surface area contributed by atoms with Gasteiger partial charge in [0.05, 0.1) is 11.9 Å². The summed E-state index contributed by atoms with van der Waals surface area (Å²) in [7, 11) is -3.59. The highest BCUT2D eigenvalue weighted by atomic mass is 79.9. The van der Waals surface area contributed by atoms with Gasteiger partial charge in [0, 0.05) is 35.6 Å². The third-order valence-corrected chi connectivity index (χ3v) is 8.04. The van der Waals surface area contributed by atoms with Gasteiger partial charge in [-0.25, -0.2) is 8.42 Å². The Hall–Kier alpha value is -2.10. The summed E-state index contributed by atoms with van der Waals surface area (Å²) in [5.74, 6) is -0.423. The van der Waals surface area contributed by atoms with Gasteiger partial charge in [-0.1, -0.05) is 59.1 Å². The van der Waals surface area contributed by atoms with Crippen LogP contribution in [0, 0.1) is 6.92 Å². The number of halogens is 2. The normalized spacial score (nSPS) is 12.2. The van der Waals surface area contributed by atoms with Crippen molar-refractivity contribution in [2.24, 2.45) is 0 Å². The molecule has 1 N–H and O–H groups in total. The van der Waals surface area contributed by atoms with Gasteiger partial charge >= 0.3 is 0 Å². The van der Waals surface area contributed by atoms with Gasteiger partial charge in [-0.05, 0) is 62.1 Å². The minimum atomic E-state index is -3.59. The maximum absolute atomic E-state index is 13.3. The standard InChI is InChI=1S/C26H35BrClN3O4S/c1-5-6-16-29-26(33)20(3)30(18-21-12-14-22(27)15-13-21)25(32)11-8-17-31(36(4,34)35)24-10-7-9-23(28)19(24)2/h7,9-10,12-15,20H,5-6,8,11,16-18H2,1-4H3,(H,29,33). The molecule has 2 aromatic carbocycles. The monoisotopic (exact) mass is 599 g/mol. The average molecular weight is 601 g/mol. The highest BCUT2D eigenvalue weighted by Crippen LogP contribution is 2.28. The lowest BCUT2D eigenvalue weighted by Crippen LogP contribution is -2.48. The fourth-order valence-corrected chi connectivity index (χ4v) is 5.20. The molecule has 0 fully saturated rings. The highest BCUT2D eigenvalue weighted by Gasteiger charge is 2.27. The van der Waals surface area contributed by atoms with Crippen molar-refractivity contribution in [1.29, 1.82) is 0 Å². The van der Waals surface area contributed by atoms with Gasteiger partial charge in [0.25, 0.3) is 0 Å². The third-order valence-electron chi connectivity index (χ3n) is 5.92. The Kier molecular flexibility index (Phi) is 11.7. The molecule has 0 aliphatic heterocycles. The van der Waals surface area contributed by atoms with Crippen molar-refractivity contribution >= 4 is 55.1 Å². The lowest BCUT2D eigenvalue weighted by molar-refractivity contribution is -0.140. The van der Waals surface area contributed by atoms with Crippen LogP contribution in [-0.2, 0) is 26.2 Å². The molecule has 2 aromatic rings. The van der Waals surface area contributed by atoms with Gasteiger partial charge in [-0.15, -0.1) is 0 Å². The van der Waals surface area contributed by atoms with Crippen LogP contribution in [-0.4, -0.2) is 50.5 Å². The predicted octanol–water partition coefficient (Wildman–Crippen LogP) is 5.29. The molecule has 1 atom stereocenters. The number of rotatable bonds is 13. The second kappa shape index (κ2) is 14.0. The Balaban J connectivity index is 2.17. The summed E-state index contributed by atoms with van der Waals surface area (Å²) in [5.41, 5.74) is 2.05. The first-order chi connectivity index (χ1) is 17.0. The molecule has 0 bridgehead atoms. The topological polar surface area (TPSA) is 86.8 Å². The molecule has 36 heavy (non-hydrogen) atoms. The van der Waals surface area contributed by atoms with Crippen molar-refractivity contribution in [1.82, 2.24) is 10.2 Å². The van der Waals surface area contributed by atoms with E-state index in [1.807, 2.05) is 31.2 Å². The molecule has 0 aliphatic rings. The Morgan fingerprint density at radius 2 is 1.78 bits per heavy atom. The summed E-state index contributed by atoms with van der Waals surface area (Å²) in [4.78, 5) is 27.6. The van der Waals surface area contributed by atoms with E-state index in [0.29, 0.717) is 29.2 Å². The Morgan fingerprint density at radius 1 is 1.11 bits per heavy atom. The highest BCUT2D eigenvalue weighted by molar-refractivity contribution is 9.10. The largest absolute Gasteiger partial charge is 0.354 e. The van der Waals surface area contributed by atoms with Crippen LogP contribution in [0.25, 0.3) is 0 Å². The van der Waals surface area contributed by atoms with Gasteiger partial charge in [-0.2, -0.15) is 0 Å². The predicted molar refractivity (Wildman–Crippen MR) is 150 cm³/mol. The van der Waals surface area contributed by atoms with E-state index in [-0.39, 0.29) is 31.3 Å². The van der Waals surface area contributed by atoms with E-state index >= 15 is 0 Å². The van der Waals surface area contributed by atoms with E-state index in [4.69, 9.17) is 11.6 Å². The second-order valence-corrected chi connectivity index (χ2v) is 12.0. The summed E-state index contributed by atoms with van der Waals surface area (Å²) >= 11 is 9.62. The number of hydrogen-bond donors (Lipinski definition) is 1. The second-order valence-electron chi connectivity index (χ2n) is 8.79. The number of carbonyl (C=O) groups excluding carboxylic acids is 2. The lowest BCUT2D eigenvalue weighted by atomic mass is 10.1. The molecular weight excluding hydrogens is 566 g/mol. The van der Waals surface area contributed by atoms with Gasteiger partial charge in [0.1, 0.15) is 6.04 Å². The first-order valence-electron chi connectivity index (χ1n) is 12.0. The van der Waals surface area contributed by atoms with Crippen LogP contribution in [0.1, 0.15) is 50.7 Å². The van der Waals surface area contributed by atoms with Crippen LogP contribution < -0.4 is 9.62 Å². The minimum Gasteiger partial charge on any atom is -0.354 e. The van der Waals surface area contributed by atoms with Crippen molar-refractivity contribution in [2.45, 2.75) is 59.0 Å². The number of unbranched alkanes of at least 4 members (excludes halogenated alkanes) is 1. The van der Waals surface area contributed by atoms with Gasteiger partial charge in [0.15, 0.2) is 0 Å². The zero-order chi connectivity index (χ0) is 26.9. The molecule has 2 amide bonds. The molecule has 1 unspecified atom stereocenters. The molecule has 0 spiro atoms. The zero-order valence-electron chi connectivity index (χ0n) is 21.3. The molecule has 0 radical (unpaired) electrons. The van der Waals surface area contributed by atoms with Crippen molar-refractivity contribution in [3.63, 3.8) is 0 Å². The van der Waals surface area contributed by atoms with Gasteiger partial charge in [0.2, 0.25) is 21.8 Å². The van der Waals surface area contributed by atoms with Crippen LogP contribution in [0.4, 0.5) is 5.69 Å². The van der Waals surface area contributed by atoms with E-state index < -0.39 is 16.1 Å². The summed E-state index contributed by atoms with van der Waals surface area (Å²) in [6.45, 7) is 6.48. The number of nitrogens with zero attached hydrogens (tertiary/aromatic N) is 2. The van der Waals surface area contributed by atoms with Crippen molar-refractivity contribution in [3.05, 3.63) is 63.1 Å². The Labute approximate surface area is 228 Å². The zero-order valence-corrected chi connectivity index (χ0v) is 24.4. The maximum atomic E-state index is 13.3. The summed E-state index contributed by atoms with van der Waals surface area (Å²) < 4.78 is 27.3. The quantitative estimate of drug-likeness (QED) is 0.317. The average Bonchev–Trinajstić information content (AvgIpc) is 2.82. The van der Waals surface area contributed by atoms with E-state index in [9.17, 15) is 18.0 Å². The van der Waals surface area contributed by atoms with Crippen molar-refractivity contribution in [2.75, 3.05) is 23.7 Å². The van der Waals surface area contributed by atoms with E-state index in [1.165, 1.54) is 4.31 Å². The molecule has 2 rings (SSSR count). The number of sulfonamides is 1. The molecular formula is C26H35BrClN3O4S. The first-order valence-corrected chi connectivity index (χ1v) is 15.0. The molecule has 0 saturated carbocycles. The fraction of sp³-hybridized carbons (Fsp3) is 0.462. The Bertz CT molecular complexity index is 1140. The molecule has 0 aromatic heterocycles. The van der Waals surface area contributed by atoms with Crippen LogP contribution in [0.2, 0.25) is 5.02 Å². The fourth-order valence-electron chi connectivity index (χ4n) is 3.75. The van der Waals surface area contributed by atoms with Crippen LogP contribution in [0.15, 0.2) is 46.9 Å². The van der Waals surface area contributed by atoms with E-state index in [1.54, 1.807) is 36.9 Å². The van der Waals surface area contributed by atoms with Crippen LogP contribution in [0.5, 0.6) is 0 Å². The number of carbonyl (C=O) groups is 2. The molecule has 0 aliphatic carbocycles. The molecule has 198 valence electrons. The number of anilines is 1. The third kappa shape index (κ3) is 8.78. The van der Waals surface area contributed by atoms with Crippen molar-refractivity contribution in [3.8, 4) is 0 Å². The number of nitrogens with one attached hydrogen (secondary N) is 1. The van der Waals surface area contributed by atoms with Gasteiger partial charge in [-0.3, -0.25) is 13.9 Å².